The summed E-state index contributed by atoms with van der Waals surface area (Å²) in [5.74, 6) is 0.897. The maximum atomic E-state index is 9.42. The van der Waals surface area contributed by atoms with Crippen LogP contribution in [0.4, 0.5) is 0 Å². The first-order chi connectivity index (χ1) is 9.06. The Labute approximate surface area is 115 Å². The van der Waals surface area contributed by atoms with Gasteiger partial charge < -0.3 is 15.4 Å². The predicted octanol–water partition coefficient (Wildman–Crippen LogP) is 0.427. The summed E-state index contributed by atoms with van der Waals surface area (Å²) in [6.45, 7) is 6.29. The van der Waals surface area contributed by atoms with Gasteiger partial charge in [-0.2, -0.15) is 0 Å². The minimum atomic E-state index is -1.41. The second kappa shape index (κ2) is 6.50. The van der Waals surface area contributed by atoms with Gasteiger partial charge in [-0.3, -0.25) is 4.98 Å². The lowest BCUT2D eigenvalue weighted by atomic mass is 9.78. The number of hydrogen-bond donors (Lipinski definition) is 3. The van der Waals surface area contributed by atoms with Crippen molar-refractivity contribution >= 4 is 12.6 Å². The number of hydrogen-bond acceptors (Lipinski definition) is 4. The van der Waals surface area contributed by atoms with Crippen molar-refractivity contribution < 1.29 is 10.0 Å². The normalized spacial score (nSPS) is 19.7. The first-order valence-electron chi connectivity index (χ1n) is 7.14. The summed E-state index contributed by atoms with van der Waals surface area (Å²) in [7, 11) is -1.41. The lowest BCUT2D eigenvalue weighted by molar-refractivity contribution is 0.425. The molecule has 0 radical (unpaired) electrons. The standard InChI is InChI=1S/C14H23BN2O2/c1-10(2)6-13-7-12(15(18)19)8-14(17-13)11-4-3-5-16-9-11/h7-8,10-11,16,18-19H,3-6,9H2,1-2H3. The molecule has 104 valence electrons. The van der Waals surface area contributed by atoms with Crippen molar-refractivity contribution in [2.45, 2.75) is 39.0 Å². The van der Waals surface area contributed by atoms with Crippen molar-refractivity contribution in [3.8, 4) is 0 Å². The zero-order valence-corrected chi connectivity index (χ0v) is 11.8. The van der Waals surface area contributed by atoms with Crippen molar-refractivity contribution in [2.24, 2.45) is 5.92 Å². The van der Waals surface area contributed by atoms with Gasteiger partial charge in [0.2, 0.25) is 0 Å². The average Bonchev–Trinajstić information content (AvgIpc) is 2.38. The third kappa shape index (κ3) is 4.03. The molecule has 1 saturated heterocycles. The molecule has 1 aliphatic heterocycles. The van der Waals surface area contributed by atoms with E-state index in [-0.39, 0.29) is 0 Å². The molecule has 4 nitrogen and oxygen atoms in total. The highest BCUT2D eigenvalue weighted by molar-refractivity contribution is 6.58. The van der Waals surface area contributed by atoms with Gasteiger partial charge in [0.15, 0.2) is 0 Å². The van der Waals surface area contributed by atoms with Crippen molar-refractivity contribution in [3.05, 3.63) is 23.5 Å². The molecule has 0 aliphatic carbocycles. The summed E-state index contributed by atoms with van der Waals surface area (Å²) in [5.41, 5.74) is 2.51. The number of pyridine rings is 1. The molecule has 0 saturated carbocycles. The molecule has 5 heteroatoms. The average molecular weight is 262 g/mol. The van der Waals surface area contributed by atoms with E-state index in [0.717, 1.165) is 43.7 Å². The third-order valence-corrected chi connectivity index (χ3v) is 3.55. The molecular formula is C14H23BN2O2. The summed E-state index contributed by atoms with van der Waals surface area (Å²) < 4.78 is 0. The molecule has 0 spiro atoms. The Hall–Kier alpha value is -0.905. The molecule has 1 atom stereocenters. The highest BCUT2D eigenvalue weighted by Gasteiger charge is 2.20. The first-order valence-corrected chi connectivity index (χ1v) is 7.14. The van der Waals surface area contributed by atoms with Gasteiger partial charge >= 0.3 is 7.12 Å². The van der Waals surface area contributed by atoms with E-state index in [9.17, 15) is 10.0 Å². The molecule has 1 unspecified atom stereocenters. The predicted molar refractivity (Wildman–Crippen MR) is 77.4 cm³/mol. The molecule has 3 N–H and O–H groups in total. The Balaban J connectivity index is 2.27. The summed E-state index contributed by atoms with van der Waals surface area (Å²) >= 11 is 0. The molecule has 19 heavy (non-hydrogen) atoms. The van der Waals surface area contributed by atoms with E-state index < -0.39 is 7.12 Å². The highest BCUT2D eigenvalue weighted by Crippen LogP contribution is 2.21. The molecule has 0 amide bonds. The molecule has 1 fully saturated rings. The fourth-order valence-electron chi connectivity index (χ4n) is 2.62. The largest absolute Gasteiger partial charge is 0.488 e. The van der Waals surface area contributed by atoms with Crippen molar-refractivity contribution in [1.29, 1.82) is 0 Å². The number of piperidine rings is 1. The topological polar surface area (TPSA) is 65.4 Å². The summed E-state index contributed by atoms with van der Waals surface area (Å²) in [5, 5.41) is 22.2. The zero-order chi connectivity index (χ0) is 13.8. The summed E-state index contributed by atoms with van der Waals surface area (Å²) in [4.78, 5) is 4.72. The quantitative estimate of drug-likeness (QED) is 0.688. The molecule has 1 aliphatic rings. The van der Waals surface area contributed by atoms with E-state index in [0.29, 0.717) is 17.3 Å². The van der Waals surface area contributed by atoms with E-state index >= 15 is 0 Å². The van der Waals surface area contributed by atoms with Gasteiger partial charge in [0.1, 0.15) is 0 Å². The van der Waals surface area contributed by atoms with Gasteiger partial charge in [0.05, 0.1) is 0 Å². The molecular weight excluding hydrogens is 239 g/mol. The van der Waals surface area contributed by atoms with Crippen LogP contribution in [0.3, 0.4) is 0 Å². The highest BCUT2D eigenvalue weighted by atomic mass is 16.4. The maximum absolute atomic E-state index is 9.42. The van der Waals surface area contributed by atoms with Crippen LogP contribution in [0.15, 0.2) is 12.1 Å². The number of nitrogens with one attached hydrogen (secondary N) is 1. The first kappa shape index (κ1) is 14.5. The van der Waals surface area contributed by atoms with Crippen molar-refractivity contribution in [1.82, 2.24) is 10.3 Å². The SMILES string of the molecule is CC(C)Cc1cc(B(O)O)cc(C2CCCNC2)n1. The van der Waals surface area contributed by atoms with E-state index in [1.54, 1.807) is 0 Å². The van der Waals surface area contributed by atoms with Crippen molar-refractivity contribution in [3.63, 3.8) is 0 Å². The fourth-order valence-corrected chi connectivity index (χ4v) is 2.62. The monoisotopic (exact) mass is 262 g/mol. The van der Waals surface area contributed by atoms with Crippen LogP contribution in [0.1, 0.15) is 44.0 Å². The number of aromatic nitrogens is 1. The Morgan fingerprint density at radius 3 is 2.79 bits per heavy atom. The zero-order valence-electron chi connectivity index (χ0n) is 11.8. The maximum Gasteiger partial charge on any atom is 0.488 e. The molecule has 2 rings (SSSR count). The minimum Gasteiger partial charge on any atom is -0.423 e. The lowest BCUT2D eigenvalue weighted by Crippen LogP contribution is -2.34. The van der Waals surface area contributed by atoms with Crippen LogP contribution >= 0.6 is 0 Å². The van der Waals surface area contributed by atoms with Gasteiger partial charge in [-0.05, 0) is 49.3 Å². The second-order valence-electron chi connectivity index (χ2n) is 5.83. The number of nitrogens with zero attached hydrogens (tertiary/aromatic N) is 1. The van der Waals surface area contributed by atoms with Crippen LogP contribution in [0.25, 0.3) is 0 Å². The molecule has 2 heterocycles. The van der Waals surface area contributed by atoms with E-state index in [4.69, 9.17) is 4.98 Å². The molecule has 1 aromatic rings. The van der Waals surface area contributed by atoms with E-state index in [1.807, 2.05) is 12.1 Å². The minimum absolute atomic E-state index is 0.387. The van der Waals surface area contributed by atoms with Crippen molar-refractivity contribution in [2.75, 3.05) is 13.1 Å². The molecule has 0 bridgehead atoms. The van der Waals surface area contributed by atoms with Gasteiger partial charge in [0, 0.05) is 23.9 Å². The Bertz CT molecular complexity index is 418. The lowest BCUT2D eigenvalue weighted by Gasteiger charge is -2.23. The van der Waals surface area contributed by atoms with Gasteiger partial charge in [0.25, 0.3) is 0 Å². The van der Waals surface area contributed by atoms with Crippen LogP contribution in [-0.4, -0.2) is 35.2 Å². The second-order valence-corrected chi connectivity index (χ2v) is 5.83. The van der Waals surface area contributed by atoms with Crippen LogP contribution in [0, 0.1) is 5.92 Å². The van der Waals surface area contributed by atoms with Crippen LogP contribution < -0.4 is 10.8 Å². The van der Waals surface area contributed by atoms with Gasteiger partial charge in [-0.25, -0.2) is 0 Å². The van der Waals surface area contributed by atoms with Gasteiger partial charge in [-0.15, -0.1) is 0 Å². The summed E-state index contributed by atoms with van der Waals surface area (Å²) in [6.07, 6.45) is 3.14. The molecule has 1 aromatic heterocycles. The Morgan fingerprint density at radius 2 is 2.21 bits per heavy atom. The molecule has 0 aromatic carbocycles. The number of rotatable bonds is 4. The van der Waals surface area contributed by atoms with Crippen LogP contribution in [0.5, 0.6) is 0 Å². The summed E-state index contributed by atoms with van der Waals surface area (Å²) in [6, 6.07) is 3.65. The fraction of sp³-hybridized carbons (Fsp3) is 0.643. The third-order valence-electron chi connectivity index (χ3n) is 3.55. The smallest absolute Gasteiger partial charge is 0.423 e. The van der Waals surface area contributed by atoms with Crippen LogP contribution in [0.2, 0.25) is 0 Å². The van der Waals surface area contributed by atoms with E-state index in [1.165, 1.54) is 0 Å². The van der Waals surface area contributed by atoms with Gasteiger partial charge in [-0.1, -0.05) is 13.8 Å². The van der Waals surface area contributed by atoms with Crippen LogP contribution in [-0.2, 0) is 6.42 Å². The Morgan fingerprint density at radius 1 is 1.42 bits per heavy atom. The van der Waals surface area contributed by atoms with E-state index in [2.05, 4.69) is 19.2 Å². The Kier molecular flexibility index (Phi) is 4.96.